The van der Waals surface area contributed by atoms with Gasteiger partial charge in [-0.25, -0.2) is 9.37 Å². The van der Waals surface area contributed by atoms with Gasteiger partial charge in [0.2, 0.25) is 0 Å². The van der Waals surface area contributed by atoms with Crippen molar-refractivity contribution in [3.63, 3.8) is 0 Å². The summed E-state index contributed by atoms with van der Waals surface area (Å²) >= 11 is 0. The van der Waals surface area contributed by atoms with Gasteiger partial charge in [0.1, 0.15) is 5.82 Å². The summed E-state index contributed by atoms with van der Waals surface area (Å²) in [5, 5.41) is 0. The van der Waals surface area contributed by atoms with Crippen LogP contribution in [0.1, 0.15) is 5.69 Å². The van der Waals surface area contributed by atoms with E-state index in [1.54, 1.807) is 0 Å². The lowest BCUT2D eigenvalue weighted by molar-refractivity contribution is -0.275. The van der Waals surface area contributed by atoms with Crippen LogP contribution in [-0.4, -0.2) is 11.3 Å². The number of hydrogen-bond acceptors (Lipinski definition) is 4. The van der Waals surface area contributed by atoms with Crippen LogP contribution in [0.4, 0.5) is 23.4 Å². The van der Waals surface area contributed by atoms with Crippen LogP contribution in [-0.2, 0) is 6.54 Å². The van der Waals surface area contributed by atoms with Crippen molar-refractivity contribution >= 4 is 5.82 Å². The van der Waals surface area contributed by atoms with Crippen molar-refractivity contribution in [2.75, 3.05) is 5.73 Å². The van der Waals surface area contributed by atoms with Gasteiger partial charge in [0, 0.05) is 12.6 Å². The maximum Gasteiger partial charge on any atom is 0.573 e. The highest BCUT2D eigenvalue weighted by atomic mass is 19.4. The summed E-state index contributed by atoms with van der Waals surface area (Å²) in [7, 11) is 0. The quantitative estimate of drug-likeness (QED) is 0.740. The smallest absolute Gasteiger partial charge is 0.402 e. The Kier molecular flexibility index (Phi) is 2.98. The monoisotopic (exact) mass is 225 g/mol. The lowest BCUT2D eigenvalue weighted by Crippen LogP contribution is -2.19. The van der Waals surface area contributed by atoms with Crippen LogP contribution in [0, 0.1) is 5.82 Å². The highest BCUT2D eigenvalue weighted by Gasteiger charge is 2.33. The number of hydrogen-bond donors (Lipinski definition) is 2. The fourth-order valence-electron chi connectivity index (χ4n) is 0.911. The zero-order valence-electron chi connectivity index (χ0n) is 7.31. The minimum absolute atomic E-state index is 0.295. The first kappa shape index (κ1) is 11.5. The number of anilines is 1. The number of alkyl halides is 3. The maximum atomic E-state index is 13.2. The average Bonchev–Trinajstić information content (AvgIpc) is 2.08. The molecule has 8 heteroatoms. The highest BCUT2D eigenvalue weighted by molar-refractivity contribution is 5.40. The van der Waals surface area contributed by atoms with Crippen molar-refractivity contribution in [2.45, 2.75) is 12.9 Å². The number of rotatable bonds is 2. The minimum atomic E-state index is -4.99. The van der Waals surface area contributed by atoms with Gasteiger partial charge in [0.05, 0.1) is 5.69 Å². The molecule has 1 rings (SSSR count). The van der Waals surface area contributed by atoms with Gasteiger partial charge in [0.15, 0.2) is 11.6 Å². The van der Waals surface area contributed by atoms with Crippen molar-refractivity contribution in [3.8, 4) is 5.75 Å². The molecule has 1 aromatic rings. The second-order valence-corrected chi connectivity index (χ2v) is 2.56. The summed E-state index contributed by atoms with van der Waals surface area (Å²) in [4.78, 5) is 3.41. The zero-order chi connectivity index (χ0) is 11.6. The van der Waals surface area contributed by atoms with E-state index >= 15 is 0 Å². The highest BCUT2D eigenvalue weighted by Crippen LogP contribution is 2.27. The molecule has 0 aliphatic heterocycles. The van der Waals surface area contributed by atoms with Crippen LogP contribution < -0.4 is 16.2 Å². The standard InChI is InChI=1S/C7H7F4N3O/c8-6-3(2-12)14-5(13)1-4(6)15-7(9,10)11/h1H,2,12H2,(H2,13,14). The number of nitrogens with two attached hydrogens (primary N) is 2. The van der Waals surface area contributed by atoms with E-state index in [0.717, 1.165) is 0 Å². The Labute approximate surface area is 81.8 Å². The third-order valence-corrected chi connectivity index (χ3v) is 1.43. The molecule has 0 fully saturated rings. The van der Waals surface area contributed by atoms with E-state index in [0.29, 0.717) is 6.07 Å². The van der Waals surface area contributed by atoms with E-state index < -0.39 is 17.9 Å². The number of ether oxygens (including phenoxy) is 1. The Hall–Kier alpha value is -1.57. The van der Waals surface area contributed by atoms with E-state index in [4.69, 9.17) is 11.5 Å². The predicted octanol–water partition coefficient (Wildman–Crippen LogP) is 1.16. The molecule has 1 aromatic heterocycles. The number of nitrogen functional groups attached to an aromatic ring is 1. The Balaban J connectivity index is 3.12. The molecule has 0 bridgehead atoms. The molecule has 0 saturated carbocycles. The molecule has 0 saturated heterocycles. The molecule has 15 heavy (non-hydrogen) atoms. The van der Waals surface area contributed by atoms with Gasteiger partial charge in [-0.05, 0) is 0 Å². The molecule has 0 spiro atoms. The van der Waals surface area contributed by atoms with Crippen molar-refractivity contribution in [3.05, 3.63) is 17.6 Å². The molecule has 84 valence electrons. The Bertz CT molecular complexity index is 366. The topological polar surface area (TPSA) is 74.2 Å². The van der Waals surface area contributed by atoms with E-state index in [1.165, 1.54) is 0 Å². The molecule has 0 radical (unpaired) electrons. The van der Waals surface area contributed by atoms with Gasteiger partial charge < -0.3 is 16.2 Å². The van der Waals surface area contributed by atoms with E-state index in [1.807, 2.05) is 0 Å². The first-order valence-electron chi connectivity index (χ1n) is 3.74. The molecule has 4 nitrogen and oxygen atoms in total. The number of halogens is 4. The molecular weight excluding hydrogens is 218 g/mol. The summed E-state index contributed by atoms with van der Waals surface area (Å²) in [6, 6.07) is 0.641. The third-order valence-electron chi connectivity index (χ3n) is 1.43. The Morgan fingerprint density at radius 1 is 1.40 bits per heavy atom. The zero-order valence-corrected chi connectivity index (χ0v) is 7.31. The van der Waals surface area contributed by atoms with Gasteiger partial charge in [-0.1, -0.05) is 0 Å². The fourth-order valence-corrected chi connectivity index (χ4v) is 0.911. The maximum absolute atomic E-state index is 13.2. The normalized spacial score (nSPS) is 11.5. The lowest BCUT2D eigenvalue weighted by Gasteiger charge is -2.11. The Morgan fingerprint density at radius 2 is 2.00 bits per heavy atom. The van der Waals surface area contributed by atoms with Gasteiger partial charge in [-0.3, -0.25) is 0 Å². The van der Waals surface area contributed by atoms with E-state index in [2.05, 4.69) is 9.72 Å². The minimum Gasteiger partial charge on any atom is -0.402 e. The summed E-state index contributed by atoms with van der Waals surface area (Å²) in [6.07, 6.45) is -4.99. The summed E-state index contributed by atoms with van der Waals surface area (Å²) in [5.74, 6) is -2.59. The fraction of sp³-hybridized carbons (Fsp3) is 0.286. The van der Waals surface area contributed by atoms with Crippen LogP contribution in [0.25, 0.3) is 0 Å². The molecule has 1 heterocycles. The molecule has 0 unspecified atom stereocenters. The third kappa shape index (κ3) is 2.94. The van der Waals surface area contributed by atoms with Crippen LogP contribution in [0.5, 0.6) is 5.75 Å². The molecule has 0 amide bonds. The van der Waals surface area contributed by atoms with Crippen molar-refractivity contribution in [1.82, 2.24) is 4.98 Å². The first-order valence-corrected chi connectivity index (χ1v) is 3.74. The number of nitrogens with zero attached hydrogens (tertiary/aromatic N) is 1. The van der Waals surface area contributed by atoms with Crippen molar-refractivity contribution < 1.29 is 22.3 Å². The van der Waals surface area contributed by atoms with Gasteiger partial charge >= 0.3 is 6.36 Å². The van der Waals surface area contributed by atoms with Gasteiger partial charge in [-0.15, -0.1) is 13.2 Å². The number of aromatic nitrogens is 1. The summed E-state index contributed by atoms with van der Waals surface area (Å²) in [5.41, 5.74) is 9.82. The molecule has 4 N–H and O–H groups in total. The second kappa shape index (κ2) is 3.89. The predicted molar refractivity (Wildman–Crippen MR) is 43.2 cm³/mol. The van der Waals surface area contributed by atoms with Crippen LogP contribution in [0.2, 0.25) is 0 Å². The molecule has 0 aliphatic rings. The lowest BCUT2D eigenvalue weighted by atomic mass is 10.3. The summed E-state index contributed by atoms with van der Waals surface area (Å²) < 4.78 is 52.0. The van der Waals surface area contributed by atoms with E-state index in [9.17, 15) is 17.6 Å². The molecule has 0 aliphatic carbocycles. The van der Waals surface area contributed by atoms with Crippen LogP contribution in [0.3, 0.4) is 0 Å². The van der Waals surface area contributed by atoms with Gasteiger partial charge in [0.25, 0.3) is 0 Å². The summed E-state index contributed by atoms with van der Waals surface area (Å²) in [6.45, 7) is -0.370. The van der Waals surface area contributed by atoms with Crippen LogP contribution >= 0.6 is 0 Å². The van der Waals surface area contributed by atoms with Crippen molar-refractivity contribution in [1.29, 1.82) is 0 Å². The van der Waals surface area contributed by atoms with Crippen LogP contribution in [0.15, 0.2) is 6.07 Å². The van der Waals surface area contributed by atoms with Crippen molar-refractivity contribution in [2.24, 2.45) is 5.73 Å². The molecular formula is C7H7F4N3O. The first-order chi connectivity index (χ1) is 6.83. The average molecular weight is 225 g/mol. The van der Waals surface area contributed by atoms with Gasteiger partial charge in [-0.2, -0.15) is 0 Å². The number of pyridine rings is 1. The largest absolute Gasteiger partial charge is 0.573 e. The second-order valence-electron chi connectivity index (χ2n) is 2.56. The van der Waals surface area contributed by atoms with E-state index in [-0.39, 0.29) is 18.1 Å². The molecule has 0 atom stereocenters. The molecule has 0 aromatic carbocycles. The SMILES string of the molecule is NCc1nc(N)cc(OC(F)(F)F)c1F. The Morgan fingerprint density at radius 3 is 2.47 bits per heavy atom.